The molecule has 2 aliphatic heterocycles. The van der Waals surface area contributed by atoms with E-state index in [0.717, 1.165) is 0 Å². The Morgan fingerprint density at radius 1 is 0.784 bits per heavy atom. The van der Waals surface area contributed by atoms with Crippen molar-refractivity contribution in [3.05, 3.63) is 0 Å². The molecular weight excluding hydrogens is 488 g/mol. The molecule has 0 bridgehead atoms. The van der Waals surface area contributed by atoms with Crippen LogP contribution in [0, 0.1) is 0 Å². The normalized spacial score (nSPS) is 21.6. The zero-order chi connectivity index (χ0) is 28.1. The Balaban J connectivity index is 0.000000682. The molecule has 0 aromatic rings. The van der Waals surface area contributed by atoms with Crippen molar-refractivity contribution in [3.63, 3.8) is 0 Å². The topological polar surface area (TPSA) is 151 Å². The van der Waals surface area contributed by atoms with Crippen molar-refractivity contribution in [2.24, 2.45) is 0 Å². The highest BCUT2D eigenvalue weighted by atomic mass is 16.7. The van der Waals surface area contributed by atoms with Gasteiger partial charge in [-0.3, -0.25) is 0 Å². The number of hydrogen-bond donors (Lipinski definition) is 3. The third-order valence-corrected chi connectivity index (χ3v) is 4.79. The van der Waals surface area contributed by atoms with Gasteiger partial charge in [-0.05, 0) is 69.2 Å². The number of aliphatic hydroxyl groups is 1. The molecule has 3 N–H and O–H groups in total. The lowest BCUT2D eigenvalue weighted by Gasteiger charge is -2.42. The molecule has 0 atom stereocenters. The van der Waals surface area contributed by atoms with Gasteiger partial charge in [-0.2, -0.15) is 0 Å². The van der Waals surface area contributed by atoms with Crippen LogP contribution in [-0.2, 0) is 33.2 Å². The van der Waals surface area contributed by atoms with Gasteiger partial charge >= 0.3 is 12.2 Å². The minimum atomic E-state index is -1.18. The fourth-order valence-electron chi connectivity index (χ4n) is 2.80. The summed E-state index contributed by atoms with van der Waals surface area (Å²) in [6, 6.07) is 0. The largest absolute Gasteiger partial charge is 0.444 e. The highest BCUT2D eigenvalue weighted by molar-refractivity contribution is 5.77. The highest BCUT2D eigenvalue weighted by Crippen LogP contribution is 2.24. The molecule has 37 heavy (non-hydrogen) atoms. The second-order valence-electron chi connectivity index (χ2n) is 11.9. The number of ether oxygens (including phenoxy) is 6. The van der Waals surface area contributed by atoms with Crippen LogP contribution in [-0.4, -0.2) is 90.5 Å². The van der Waals surface area contributed by atoms with E-state index >= 15 is 0 Å². The number of alkyl carbamates (subject to hydrolysis) is 2. The predicted octanol–water partition coefficient (Wildman–Crippen LogP) is 2.89. The number of nitrogens with one attached hydrogen (secondary N) is 2. The van der Waals surface area contributed by atoms with E-state index in [1.54, 1.807) is 69.2 Å². The minimum Gasteiger partial charge on any atom is -0.444 e. The maximum absolute atomic E-state index is 11.7. The Morgan fingerprint density at radius 3 is 1.46 bits per heavy atom. The summed E-state index contributed by atoms with van der Waals surface area (Å²) in [4.78, 5) is 34.5. The lowest BCUT2D eigenvalue weighted by Crippen LogP contribution is -2.63. The van der Waals surface area contributed by atoms with Crippen LogP contribution in [0.3, 0.4) is 0 Å². The number of carbonyl (C=O) groups excluding carboxylic acids is 3. The summed E-state index contributed by atoms with van der Waals surface area (Å²) < 4.78 is 31.9. The zero-order valence-corrected chi connectivity index (χ0v) is 23.2. The average Bonchev–Trinajstić information content (AvgIpc) is 2.69. The molecule has 12 heteroatoms. The van der Waals surface area contributed by atoms with Gasteiger partial charge < -0.3 is 49.0 Å². The van der Waals surface area contributed by atoms with Crippen LogP contribution in [0.5, 0.6) is 0 Å². The molecule has 0 spiro atoms. The average molecular weight is 537 g/mol. The number of rotatable bonds is 4. The van der Waals surface area contributed by atoms with Gasteiger partial charge in [0.2, 0.25) is 0 Å². The summed E-state index contributed by atoms with van der Waals surface area (Å²) in [5.41, 5.74) is -3.34. The lowest BCUT2D eigenvalue weighted by molar-refractivity contribution is -0.274. The third-order valence-electron chi connectivity index (χ3n) is 4.79. The summed E-state index contributed by atoms with van der Waals surface area (Å²) in [7, 11) is 0. The van der Waals surface area contributed by atoms with Crippen molar-refractivity contribution in [3.8, 4) is 0 Å². The molecule has 0 aromatic heterocycles. The van der Waals surface area contributed by atoms with Gasteiger partial charge in [0.15, 0.2) is 11.6 Å². The Kier molecular flexibility index (Phi) is 12.0. The number of aldehydes is 1. The summed E-state index contributed by atoms with van der Waals surface area (Å²) in [5.74, 6) is -1.45. The Labute approximate surface area is 221 Å². The molecule has 2 amide bonds. The van der Waals surface area contributed by atoms with E-state index in [-0.39, 0.29) is 40.5 Å². The first-order valence-corrected chi connectivity index (χ1v) is 11.8. The molecule has 218 valence electrons. The van der Waals surface area contributed by atoms with Gasteiger partial charge in [0.25, 0.3) is 0 Å². The molecule has 0 radical (unpaired) electrons. The molecule has 2 fully saturated rings. The molecule has 2 heterocycles. The molecular formula is C25H48N2O10. The summed E-state index contributed by atoms with van der Waals surface area (Å²) in [5, 5.41) is 14.5. The highest BCUT2D eigenvalue weighted by Gasteiger charge is 2.43. The summed E-state index contributed by atoms with van der Waals surface area (Å²) >= 11 is 0. The van der Waals surface area contributed by atoms with E-state index in [0.29, 0.717) is 6.29 Å². The fraction of sp³-hybridized carbons (Fsp3) is 0.880. The molecule has 0 saturated carbocycles. The molecule has 2 rings (SSSR count). The SMILES string of the molecule is C.CC(C)(C)OC(=O)NC1(C=O)COC(C)(C)OC1.CC(C)(C)OC(=O)NC1(CO)COC(C)(C)OC1. The standard InChI is InChI=1S/C12H23NO5.C12H21NO5.CH4/c2*1-10(2,3)18-9(15)13-12(6-14)7-16-11(4,5)17-8-12;/h14H,6-8H2,1-5H3,(H,13,15);6H,7-8H2,1-5H3,(H,13,15);1H4. The number of amides is 2. The molecule has 0 aromatic carbocycles. The van der Waals surface area contributed by atoms with Crippen LogP contribution in [0.4, 0.5) is 9.59 Å². The van der Waals surface area contributed by atoms with Crippen LogP contribution in [0.25, 0.3) is 0 Å². The van der Waals surface area contributed by atoms with Crippen LogP contribution < -0.4 is 10.6 Å². The van der Waals surface area contributed by atoms with Gasteiger partial charge in [0, 0.05) is 0 Å². The lowest BCUT2D eigenvalue weighted by atomic mass is 10.0. The zero-order valence-electron chi connectivity index (χ0n) is 23.2. The van der Waals surface area contributed by atoms with Crippen molar-refractivity contribution in [2.45, 2.75) is 111 Å². The van der Waals surface area contributed by atoms with E-state index in [1.165, 1.54) is 0 Å². The van der Waals surface area contributed by atoms with Crippen molar-refractivity contribution in [1.29, 1.82) is 0 Å². The van der Waals surface area contributed by atoms with E-state index in [4.69, 9.17) is 28.4 Å². The predicted molar refractivity (Wildman–Crippen MR) is 136 cm³/mol. The van der Waals surface area contributed by atoms with E-state index in [9.17, 15) is 19.5 Å². The molecule has 2 saturated heterocycles. The van der Waals surface area contributed by atoms with Gasteiger partial charge in [-0.25, -0.2) is 9.59 Å². The van der Waals surface area contributed by atoms with Crippen LogP contribution in [0.2, 0.25) is 0 Å². The quantitative estimate of drug-likeness (QED) is 0.458. The Hall–Kier alpha value is -1.99. The molecule has 0 aliphatic carbocycles. The number of aliphatic hydroxyl groups excluding tert-OH is 1. The third kappa shape index (κ3) is 12.9. The second-order valence-corrected chi connectivity index (χ2v) is 11.9. The maximum Gasteiger partial charge on any atom is 0.408 e. The first kappa shape index (κ1) is 35.0. The van der Waals surface area contributed by atoms with Crippen LogP contribution in [0.1, 0.15) is 76.7 Å². The number of carbonyl (C=O) groups is 3. The van der Waals surface area contributed by atoms with Gasteiger partial charge in [0.1, 0.15) is 28.6 Å². The molecule has 0 unspecified atom stereocenters. The number of hydrogen-bond acceptors (Lipinski definition) is 10. The monoisotopic (exact) mass is 536 g/mol. The maximum atomic E-state index is 11.7. The fourth-order valence-corrected chi connectivity index (χ4v) is 2.80. The Morgan fingerprint density at radius 2 is 1.14 bits per heavy atom. The molecule has 2 aliphatic rings. The van der Waals surface area contributed by atoms with Crippen molar-refractivity contribution in [1.82, 2.24) is 10.6 Å². The van der Waals surface area contributed by atoms with Crippen LogP contribution in [0.15, 0.2) is 0 Å². The summed E-state index contributed by atoms with van der Waals surface area (Å²) in [6.45, 7) is 17.8. The Bertz CT molecular complexity index is 748. The van der Waals surface area contributed by atoms with Gasteiger partial charge in [0.05, 0.1) is 33.0 Å². The van der Waals surface area contributed by atoms with Crippen molar-refractivity contribution < 1.29 is 47.9 Å². The molecule has 12 nitrogen and oxygen atoms in total. The van der Waals surface area contributed by atoms with Crippen molar-refractivity contribution >= 4 is 18.5 Å². The summed E-state index contributed by atoms with van der Waals surface area (Å²) in [6.07, 6.45) is -0.642. The van der Waals surface area contributed by atoms with E-state index in [2.05, 4.69) is 10.6 Å². The first-order valence-electron chi connectivity index (χ1n) is 11.8. The van der Waals surface area contributed by atoms with E-state index < -0.39 is 46.0 Å². The van der Waals surface area contributed by atoms with Crippen LogP contribution >= 0.6 is 0 Å². The van der Waals surface area contributed by atoms with Gasteiger partial charge in [-0.1, -0.05) is 7.43 Å². The minimum absolute atomic E-state index is 0. The first-order chi connectivity index (χ1) is 16.2. The van der Waals surface area contributed by atoms with Crippen molar-refractivity contribution in [2.75, 3.05) is 33.0 Å². The smallest absolute Gasteiger partial charge is 0.408 e. The second kappa shape index (κ2) is 12.7. The van der Waals surface area contributed by atoms with Gasteiger partial charge in [-0.15, -0.1) is 0 Å². The van der Waals surface area contributed by atoms with E-state index in [1.807, 2.05) is 0 Å².